The van der Waals surface area contributed by atoms with Crippen molar-refractivity contribution in [2.24, 2.45) is 0 Å². The quantitative estimate of drug-likeness (QED) is 0.235. The molecule has 0 bridgehead atoms. The fourth-order valence-electron chi connectivity index (χ4n) is 3.17. The van der Waals surface area contributed by atoms with Crippen molar-refractivity contribution >= 4 is 18.3 Å². The summed E-state index contributed by atoms with van der Waals surface area (Å²) in [7, 11) is 1.24. The van der Waals surface area contributed by atoms with E-state index in [1.54, 1.807) is 0 Å². The summed E-state index contributed by atoms with van der Waals surface area (Å²) in [5.74, 6) is -0.852. The molecule has 198 valence electrons. The predicted molar refractivity (Wildman–Crippen MR) is 122 cm³/mol. The third-order valence-electron chi connectivity index (χ3n) is 4.71. The van der Waals surface area contributed by atoms with E-state index in [0.29, 0.717) is 0 Å². The molecule has 36 heavy (non-hydrogen) atoms. The van der Waals surface area contributed by atoms with E-state index in [-0.39, 0.29) is 19.8 Å². The minimum atomic E-state index is -1.51. The Labute approximate surface area is 208 Å². The summed E-state index contributed by atoms with van der Waals surface area (Å²) < 4.78 is 41.8. The molecule has 0 amide bonds. The second-order valence-corrected chi connectivity index (χ2v) is 7.26. The number of hydrogen-bond acceptors (Lipinski definition) is 12. The summed E-state index contributed by atoms with van der Waals surface area (Å²) in [5.41, 5.74) is 0.833. The van der Waals surface area contributed by atoms with Crippen LogP contribution in [0.15, 0.2) is 55.6 Å². The van der Waals surface area contributed by atoms with E-state index in [2.05, 4.69) is 13.2 Å². The van der Waals surface area contributed by atoms with E-state index in [0.717, 1.165) is 5.56 Å². The van der Waals surface area contributed by atoms with Gasteiger partial charge in [-0.05, 0) is 5.56 Å². The molecule has 5 atom stereocenters. The molecule has 0 spiro atoms. The Morgan fingerprint density at radius 2 is 1.56 bits per heavy atom. The van der Waals surface area contributed by atoms with Gasteiger partial charge in [-0.3, -0.25) is 0 Å². The van der Waals surface area contributed by atoms with E-state index in [9.17, 15) is 19.5 Å². The zero-order chi connectivity index (χ0) is 26.3. The molecule has 1 N–H and O–H groups in total. The molecule has 0 aliphatic carbocycles. The third-order valence-corrected chi connectivity index (χ3v) is 4.71. The molecule has 1 aromatic carbocycles. The van der Waals surface area contributed by atoms with Crippen LogP contribution in [0.3, 0.4) is 0 Å². The lowest BCUT2D eigenvalue weighted by Gasteiger charge is -2.43. The number of carbonyl (C=O) groups is 3. The standard InChI is InChI=1S/C24H30O12/c1-4-11-31-23(27)35-20-19(34-18(26)15-30-14-16-9-7-6-8-10-16)17(13-25)33-22(29-3)21(20)36-24(28)32-12-5-2/h4-10,17,19-22,25H,1-2,11-15H2,3H3/t17-,19-,20+,21+,22+/m1/s1. The summed E-state index contributed by atoms with van der Waals surface area (Å²) in [4.78, 5) is 36.9. The molecule has 0 radical (unpaired) electrons. The lowest BCUT2D eigenvalue weighted by atomic mass is 9.98. The van der Waals surface area contributed by atoms with Crippen molar-refractivity contribution in [1.29, 1.82) is 0 Å². The number of ether oxygens (including phenoxy) is 8. The predicted octanol–water partition coefficient (Wildman–Crippen LogP) is 1.89. The minimum Gasteiger partial charge on any atom is -0.454 e. The molecular weight excluding hydrogens is 480 g/mol. The maximum absolute atomic E-state index is 12.5. The van der Waals surface area contributed by atoms with Gasteiger partial charge < -0.3 is 43.0 Å². The van der Waals surface area contributed by atoms with Crippen molar-refractivity contribution in [3.8, 4) is 0 Å². The highest BCUT2D eigenvalue weighted by atomic mass is 16.8. The number of aliphatic hydroxyl groups excluding tert-OH is 1. The average molecular weight is 510 g/mol. The fourth-order valence-corrected chi connectivity index (χ4v) is 3.17. The molecule has 1 heterocycles. The Morgan fingerprint density at radius 1 is 0.944 bits per heavy atom. The molecule has 12 nitrogen and oxygen atoms in total. The second kappa shape index (κ2) is 15.5. The van der Waals surface area contributed by atoms with E-state index in [4.69, 9.17) is 37.9 Å². The van der Waals surface area contributed by atoms with Gasteiger partial charge in [-0.25, -0.2) is 14.4 Å². The summed E-state index contributed by atoms with van der Waals surface area (Å²) in [6.45, 7) is 5.55. The average Bonchev–Trinajstić information content (AvgIpc) is 2.88. The van der Waals surface area contributed by atoms with Crippen LogP contribution in [0.1, 0.15) is 5.56 Å². The lowest BCUT2D eigenvalue weighted by molar-refractivity contribution is -0.299. The SMILES string of the molecule is C=CCOC(=O)O[C@@H]1[C@H](OC(=O)OCC=C)[C@@H](OC)O[C@H](CO)[C@H]1OC(=O)COCc1ccccc1. The molecule has 0 unspecified atom stereocenters. The number of benzene rings is 1. The van der Waals surface area contributed by atoms with E-state index in [1.807, 2.05) is 30.3 Å². The van der Waals surface area contributed by atoms with Gasteiger partial charge in [0.05, 0.1) is 13.2 Å². The maximum atomic E-state index is 12.5. The molecule has 1 aromatic rings. The van der Waals surface area contributed by atoms with Gasteiger partial charge in [-0.2, -0.15) is 0 Å². The van der Waals surface area contributed by atoms with Crippen LogP contribution in [-0.2, 0) is 49.3 Å². The van der Waals surface area contributed by atoms with Crippen molar-refractivity contribution in [1.82, 2.24) is 0 Å². The molecule has 12 heteroatoms. The lowest BCUT2D eigenvalue weighted by Crippen LogP contribution is -2.62. The topological polar surface area (TPSA) is 145 Å². The summed E-state index contributed by atoms with van der Waals surface area (Å²) in [5, 5.41) is 9.86. The monoisotopic (exact) mass is 510 g/mol. The number of hydrogen-bond donors (Lipinski definition) is 1. The van der Waals surface area contributed by atoms with Gasteiger partial charge in [0.2, 0.25) is 0 Å². The van der Waals surface area contributed by atoms with Gasteiger partial charge in [-0.1, -0.05) is 55.6 Å². The van der Waals surface area contributed by atoms with Crippen molar-refractivity contribution in [2.45, 2.75) is 37.3 Å². The minimum absolute atomic E-state index is 0.140. The highest BCUT2D eigenvalue weighted by molar-refractivity contribution is 5.71. The number of rotatable bonds is 13. The van der Waals surface area contributed by atoms with E-state index < -0.39 is 62.2 Å². The molecule has 0 aromatic heterocycles. The zero-order valence-electron chi connectivity index (χ0n) is 19.8. The smallest absolute Gasteiger partial charge is 0.454 e. The van der Waals surface area contributed by atoms with Crippen molar-refractivity contribution in [3.05, 3.63) is 61.2 Å². The van der Waals surface area contributed by atoms with Gasteiger partial charge in [0, 0.05) is 7.11 Å². The molecule has 1 aliphatic heterocycles. The first-order valence-corrected chi connectivity index (χ1v) is 10.9. The second-order valence-electron chi connectivity index (χ2n) is 7.26. The Bertz CT molecular complexity index is 858. The number of aliphatic hydroxyl groups is 1. The first-order chi connectivity index (χ1) is 17.4. The van der Waals surface area contributed by atoms with Gasteiger partial charge in [-0.15, -0.1) is 0 Å². The summed E-state index contributed by atoms with van der Waals surface area (Å²) in [6, 6.07) is 9.12. The Kier molecular flexibility index (Phi) is 12.4. The van der Waals surface area contributed by atoms with Crippen LogP contribution in [0.25, 0.3) is 0 Å². The molecule has 1 saturated heterocycles. The van der Waals surface area contributed by atoms with Crippen LogP contribution in [0.2, 0.25) is 0 Å². The van der Waals surface area contributed by atoms with Crippen LogP contribution < -0.4 is 0 Å². The van der Waals surface area contributed by atoms with Crippen molar-refractivity contribution < 1.29 is 57.4 Å². The molecule has 1 aliphatic rings. The van der Waals surface area contributed by atoms with Crippen molar-refractivity contribution in [3.63, 3.8) is 0 Å². The Balaban J connectivity index is 2.19. The summed E-state index contributed by atoms with van der Waals surface area (Å²) in [6.07, 6.45) is -6.64. The zero-order valence-corrected chi connectivity index (χ0v) is 19.8. The van der Waals surface area contributed by atoms with Crippen LogP contribution >= 0.6 is 0 Å². The van der Waals surface area contributed by atoms with Gasteiger partial charge in [0.25, 0.3) is 0 Å². The van der Waals surface area contributed by atoms with Crippen LogP contribution in [0, 0.1) is 0 Å². The normalized spacial score (nSPS) is 23.1. The van der Waals surface area contributed by atoms with Crippen LogP contribution in [0.4, 0.5) is 9.59 Å². The first kappa shape index (κ1) is 28.8. The highest BCUT2D eigenvalue weighted by Crippen LogP contribution is 2.29. The first-order valence-electron chi connectivity index (χ1n) is 10.9. The molecular formula is C24H30O12. The number of carbonyl (C=O) groups excluding carboxylic acids is 3. The van der Waals surface area contributed by atoms with E-state index >= 15 is 0 Å². The molecule has 0 saturated carbocycles. The Hall–Kier alpha value is -3.45. The van der Waals surface area contributed by atoms with E-state index in [1.165, 1.54) is 19.3 Å². The largest absolute Gasteiger partial charge is 0.509 e. The van der Waals surface area contributed by atoms with Crippen molar-refractivity contribution in [2.75, 3.05) is 33.5 Å². The fraction of sp³-hybridized carbons (Fsp3) is 0.458. The van der Waals surface area contributed by atoms with Gasteiger partial charge >= 0.3 is 18.3 Å². The van der Waals surface area contributed by atoms with Crippen LogP contribution in [-0.4, -0.2) is 87.6 Å². The number of methoxy groups -OCH3 is 1. The summed E-state index contributed by atoms with van der Waals surface area (Å²) >= 11 is 0. The highest BCUT2D eigenvalue weighted by Gasteiger charge is 2.53. The molecule has 1 fully saturated rings. The maximum Gasteiger partial charge on any atom is 0.509 e. The van der Waals surface area contributed by atoms with Gasteiger partial charge in [0.1, 0.15) is 25.9 Å². The third kappa shape index (κ3) is 8.96. The van der Waals surface area contributed by atoms with Crippen LogP contribution in [0.5, 0.6) is 0 Å². The van der Waals surface area contributed by atoms with Gasteiger partial charge in [0.15, 0.2) is 24.6 Å². The molecule has 2 rings (SSSR count). The number of esters is 1. The Morgan fingerprint density at radius 3 is 2.11 bits per heavy atom.